The van der Waals surface area contributed by atoms with Gasteiger partial charge in [-0.05, 0) is 48.7 Å². The molecule has 1 saturated carbocycles. The Morgan fingerprint density at radius 1 is 1.09 bits per heavy atom. The van der Waals surface area contributed by atoms with E-state index in [1.165, 1.54) is 0 Å². The maximum Gasteiger partial charge on any atom is 0.255 e. The van der Waals surface area contributed by atoms with Crippen molar-refractivity contribution in [2.24, 2.45) is 0 Å². The number of benzene rings is 2. The average molecular weight is 476 g/mol. The molecular weight excluding hydrogens is 453 g/mol. The van der Waals surface area contributed by atoms with Gasteiger partial charge in [-0.25, -0.2) is 4.68 Å². The lowest BCUT2D eigenvalue weighted by Crippen LogP contribution is -2.24. The van der Waals surface area contributed by atoms with Gasteiger partial charge in [0, 0.05) is 17.5 Å². The molecule has 7 nitrogen and oxygen atoms in total. The molecule has 0 aliphatic heterocycles. The summed E-state index contributed by atoms with van der Waals surface area (Å²) in [5.74, 6) is 1.62. The molecule has 0 saturated heterocycles. The molecule has 168 valence electrons. The minimum Gasteiger partial charge on any atom is -0.493 e. The number of amides is 1. The Morgan fingerprint density at radius 2 is 1.78 bits per heavy atom. The van der Waals surface area contributed by atoms with Crippen molar-refractivity contribution < 1.29 is 19.0 Å². The van der Waals surface area contributed by atoms with E-state index in [2.05, 4.69) is 10.4 Å². The number of ether oxygens (including phenoxy) is 3. The number of hydrogen-bond acceptors (Lipinski definition) is 5. The van der Waals surface area contributed by atoms with Gasteiger partial charge >= 0.3 is 0 Å². The van der Waals surface area contributed by atoms with Crippen LogP contribution in [-0.4, -0.2) is 37.0 Å². The number of carbonyl (C=O) groups is 1. The highest BCUT2D eigenvalue weighted by molar-refractivity contribution is 6.35. The fourth-order valence-electron chi connectivity index (χ4n) is 3.64. The largest absolute Gasteiger partial charge is 0.493 e. The van der Waals surface area contributed by atoms with Crippen LogP contribution in [0.3, 0.4) is 0 Å². The van der Waals surface area contributed by atoms with Crippen molar-refractivity contribution in [1.29, 1.82) is 0 Å². The van der Waals surface area contributed by atoms with Gasteiger partial charge in [0.15, 0.2) is 11.5 Å². The van der Waals surface area contributed by atoms with Gasteiger partial charge in [0.2, 0.25) is 5.75 Å². The first-order valence-electron chi connectivity index (χ1n) is 10.1. The first-order valence-corrected chi connectivity index (χ1v) is 10.8. The first-order chi connectivity index (χ1) is 15.5. The second-order valence-corrected chi connectivity index (χ2v) is 8.29. The third-order valence-electron chi connectivity index (χ3n) is 5.33. The number of nitrogens with zero attached hydrogens (tertiary/aromatic N) is 2. The molecule has 1 aliphatic rings. The van der Waals surface area contributed by atoms with Gasteiger partial charge in [-0.1, -0.05) is 23.2 Å². The maximum atomic E-state index is 13.1. The Labute approximate surface area is 196 Å². The molecule has 0 bridgehead atoms. The molecule has 1 aromatic heterocycles. The first kappa shape index (κ1) is 22.3. The van der Waals surface area contributed by atoms with Gasteiger partial charge < -0.3 is 19.5 Å². The zero-order valence-electron chi connectivity index (χ0n) is 17.9. The van der Waals surface area contributed by atoms with Crippen LogP contribution >= 0.6 is 23.2 Å². The molecule has 0 spiro atoms. The van der Waals surface area contributed by atoms with Crippen LogP contribution in [0.5, 0.6) is 17.2 Å². The minimum absolute atomic E-state index is 0.211. The molecule has 0 radical (unpaired) electrons. The summed E-state index contributed by atoms with van der Waals surface area (Å²) in [5.41, 5.74) is 2.90. The summed E-state index contributed by atoms with van der Waals surface area (Å²) >= 11 is 12.4. The molecule has 3 aromatic rings. The van der Waals surface area contributed by atoms with Crippen molar-refractivity contribution in [3.8, 4) is 22.9 Å². The Bertz CT molecular complexity index is 1130. The Kier molecular flexibility index (Phi) is 6.48. The third-order valence-corrected chi connectivity index (χ3v) is 5.87. The maximum absolute atomic E-state index is 13.1. The number of halogens is 2. The van der Waals surface area contributed by atoms with E-state index in [1.807, 2.05) is 0 Å². The van der Waals surface area contributed by atoms with Crippen molar-refractivity contribution in [2.75, 3.05) is 21.3 Å². The van der Waals surface area contributed by atoms with Crippen molar-refractivity contribution in [3.05, 3.63) is 63.4 Å². The molecule has 1 fully saturated rings. The molecule has 1 heterocycles. The number of methoxy groups -OCH3 is 3. The van der Waals surface area contributed by atoms with Gasteiger partial charge in [0.05, 0.1) is 49.5 Å². The van der Waals surface area contributed by atoms with E-state index in [-0.39, 0.29) is 18.4 Å². The molecular formula is C23H23Cl2N3O4. The van der Waals surface area contributed by atoms with Crippen molar-refractivity contribution in [1.82, 2.24) is 15.1 Å². The summed E-state index contributed by atoms with van der Waals surface area (Å²) in [6, 6.07) is 8.84. The number of nitrogens with one attached hydrogen (secondary N) is 1. The number of hydrogen-bond donors (Lipinski definition) is 1. The Hall–Kier alpha value is -2.90. The number of carbonyl (C=O) groups excluding carboxylic acids is 1. The van der Waals surface area contributed by atoms with Crippen LogP contribution < -0.4 is 19.5 Å². The lowest BCUT2D eigenvalue weighted by atomic mass is 10.1. The third kappa shape index (κ3) is 4.36. The minimum atomic E-state index is -0.211. The van der Waals surface area contributed by atoms with E-state index in [4.69, 9.17) is 37.4 Å². The zero-order chi connectivity index (χ0) is 22.8. The average Bonchev–Trinajstić information content (AvgIpc) is 3.54. The zero-order valence-corrected chi connectivity index (χ0v) is 19.5. The number of aromatic nitrogens is 2. The van der Waals surface area contributed by atoms with E-state index in [9.17, 15) is 4.79 Å². The topological polar surface area (TPSA) is 74.6 Å². The van der Waals surface area contributed by atoms with Crippen LogP contribution in [0.25, 0.3) is 5.69 Å². The lowest BCUT2D eigenvalue weighted by Gasteiger charge is -2.14. The van der Waals surface area contributed by atoms with Gasteiger partial charge in [0.25, 0.3) is 5.91 Å². The van der Waals surface area contributed by atoms with Gasteiger partial charge in [0.1, 0.15) is 0 Å². The highest BCUT2D eigenvalue weighted by Gasteiger charge is 2.33. The predicted octanol–water partition coefficient (Wildman–Crippen LogP) is 5.01. The van der Waals surface area contributed by atoms with Crippen LogP contribution in [0.2, 0.25) is 10.0 Å². The molecule has 1 amide bonds. The molecule has 0 atom stereocenters. The van der Waals surface area contributed by atoms with Crippen molar-refractivity contribution in [2.45, 2.75) is 25.3 Å². The van der Waals surface area contributed by atoms with Gasteiger partial charge in [-0.15, -0.1) is 0 Å². The standard InChI is InChI=1S/C23H23Cl2N3O4/c1-30-19-8-13(9-20(31-2)22(19)32-3)11-26-23(29)16-12-27-28(21(16)14-4-5-14)18-7-6-15(24)10-17(18)25/h6-10,12,14H,4-5,11H2,1-3H3,(H,26,29). The molecule has 1 N–H and O–H groups in total. The lowest BCUT2D eigenvalue weighted by molar-refractivity contribution is 0.0949. The Balaban J connectivity index is 1.59. The van der Waals surface area contributed by atoms with Crippen LogP contribution in [0.15, 0.2) is 36.5 Å². The summed E-state index contributed by atoms with van der Waals surface area (Å²) in [5, 5.41) is 8.45. The molecule has 1 aliphatic carbocycles. The second-order valence-electron chi connectivity index (χ2n) is 7.44. The second kappa shape index (κ2) is 9.30. The van der Waals surface area contributed by atoms with Crippen LogP contribution in [0, 0.1) is 0 Å². The molecule has 9 heteroatoms. The Morgan fingerprint density at radius 3 is 2.34 bits per heavy atom. The quantitative estimate of drug-likeness (QED) is 0.495. The van der Waals surface area contributed by atoms with E-state index >= 15 is 0 Å². The van der Waals surface area contributed by atoms with Gasteiger partial charge in [-0.2, -0.15) is 5.10 Å². The number of rotatable bonds is 8. The van der Waals surface area contributed by atoms with Gasteiger partial charge in [-0.3, -0.25) is 4.79 Å². The van der Waals surface area contributed by atoms with Crippen molar-refractivity contribution >= 4 is 29.1 Å². The van der Waals surface area contributed by atoms with E-state index < -0.39 is 0 Å². The van der Waals surface area contributed by atoms with Crippen LogP contribution in [0.1, 0.15) is 40.4 Å². The smallest absolute Gasteiger partial charge is 0.255 e. The van der Waals surface area contributed by atoms with E-state index in [0.29, 0.717) is 38.5 Å². The van der Waals surface area contributed by atoms with Crippen molar-refractivity contribution in [3.63, 3.8) is 0 Å². The summed E-state index contributed by atoms with van der Waals surface area (Å²) in [6.07, 6.45) is 3.59. The summed E-state index contributed by atoms with van der Waals surface area (Å²) in [4.78, 5) is 13.1. The van der Waals surface area contributed by atoms with Crippen LogP contribution in [-0.2, 0) is 6.54 Å². The molecule has 0 unspecified atom stereocenters. The molecule has 4 rings (SSSR count). The van der Waals surface area contributed by atoms with Crippen LogP contribution in [0.4, 0.5) is 0 Å². The molecule has 32 heavy (non-hydrogen) atoms. The van der Waals surface area contributed by atoms with E-state index in [1.54, 1.807) is 62.5 Å². The normalized spacial score (nSPS) is 13.0. The highest BCUT2D eigenvalue weighted by atomic mass is 35.5. The fourth-order valence-corrected chi connectivity index (χ4v) is 4.13. The monoisotopic (exact) mass is 475 g/mol. The summed E-state index contributed by atoms with van der Waals surface area (Å²) < 4.78 is 17.9. The summed E-state index contributed by atoms with van der Waals surface area (Å²) in [7, 11) is 4.65. The SMILES string of the molecule is COc1cc(CNC(=O)c2cnn(-c3ccc(Cl)cc3Cl)c2C2CC2)cc(OC)c1OC. The summed E-state index contributed by atoms with van der Waals surface area (Å²) in [6.45, 7) is 0.284. The predicted molar refractivity (Wildman–Crippen MR) is 123 cm³/mol. The fraction of sp³-hybridized carbons (Fsp3) is 0.304. The highest BCUT2D eigenvalue weighted by Crippen LogP contribution is 2.43. The molecule has 2 aromatic carbocycles. The van der Waals surface area contributed by atoms with E-state index in [0.717, 1.165) is 24.1 Å².